The Labute approximate surface area is 141 Å². The van der Waals surface area contributed by atoms with Crippen molar-refractivity contribution in [1.82, 2.24) is 14.8 Å². The summed E-state index contributed by atoms with van der Waals surface area (Å²) in [6.45, 7) is 8.48. The average Bonchev–Trinajstić information content (AvgIpc) is 2.82. The molecule has 1 amide bonds. The molecule has 6 nitrogen and oxygen atoms in total. The minimum absolute atomic E-state index is 0.170. The molecule has 0 aliphatic carbocycles. The Hall–Kier alpha value is -1.02. The molecule has 128 valence electrons. The minimum Gasteiger partial charge on any atom is -0.376 e. The molecule has 0 saturated carbocycles. The molecule has 3 heterocycles. The van der Waals surface area contributed by atoms with Crippen LogP contribution in [0, 0.1) is 6.92 Å². The fraction of sp³-hybridized carbons (Fsp3) is 0.750. The van der Waals surface area contributed by atoms with Crippen molar-refractivity contribution in [2.75, 3.05) is 52.5 Å². The lowest BCUT2D eigenvalue weighted by Gasteiger charge is -2.29. The molecule has 7 heteroatoms. The first kappa shape index (κ1) is 16.8. The Bertz CT molecular complexity index is 516. The Balaban J connectivity index is 1.46. The van der Waals surface area contributed by atoms with Gasteiger partial charge in [-0.3, -0.25) is 9.69 Å². The van der Waals surface area contributed by atoms with Crippen molar-refractivity contribution in [3.05, 3.63) is 16.1 Å². The molecule has 0 bridgehead atoms. The van der Waals surface area contributed by atoms with E-state index < -0.39 is 0 Å². The van der Waals surface area contributed by atoms with Gasteiger partial charge in [0.05, 0.1) is 43.0 Å². The van der Waals surface area contributed by atoms with Gasteiger partial charge in [-0.1, -0.05) is 0 Å². The maximum absolute atomic E-state index is 12.5. The Morgan fingerprint density at radius 2 is 2.26 bits per heavy atom. The standard InChI is InChI=1S/C16H25N3O3S/c1-13-17-14(12-23-13)9-16(20)19-4-2-3-18(5-6-19)10-15-11-21-7-8-22-15/h12,15H,2-11H2,1H3. The molecule has 2 aliphatic heterocycles. The molecule has 0 aromatic carbocycles. The fourth-order valence-electron chi connectivity index (χ4n) is 3.09. The second kappa shape index (κ2) is 8.19. The molecule has 0 radical (unpaired) electrons. The fourth-order valence-corrected chi connectivity index (χ4v) is 3.70. The zero-order valence-electron chi connectivity index (χ0n) is 13.7. The molecule has 3 rings (SSSR count). The lowest BCUT2D eigenvalue weighted by molar-refractivity contribution is -0.130. The van der Waals surface area contributed by atoms with Gasteiger partial charge in [-0.15, -0.1) is 11.3 Å². The van der Waals surface area contributed by atoms with Gasteiger partial charge in [0, 0.05) is 31.6 Å². The average molecular weight is 339 g/mol. The van der Waals surface area contributed by atoms with Crippen LogP contribution in [0.25, 0.3) is 0 Å². The van der Waals surface area contributed by atoms with E-state index in [0.29, 0.717) is 26.2 Å². The highest BCUT2D eigenvalue weighted by molar-refractivity contribution is 7.09. The van der Waals surface area contributed by atoms with E-state index in [9.17, 15) is 4.79 Å². The molecule has 0 spiro atoms. The van der Waals surface area contributed by atoms with Crippen LogP contribution in [0.2, 0.25) is 0 Å². The summed E-state index contributed by atoms with van der Waals surface area (Å²) in [6.07, 6.45) is 1.60. The molecule has 23 heavy (non-hydrogen) atoms. The smallest absolute Gasteiger partial charge is 0.228 e. The first-order valence-electron chi connectivity index (χ1n) is 8.31. The molecule has 1 unspecified atom stereocenters. The van der Waals surface area contributed by atoms with Crippen molar-refractivity contribution in [3.63, 3.8) is 0 Å². The summed E-state index contributed by atoms with van der Waals surface area (Å²) >= 11 is 1.60. The first-order chi connectivity index (χ1) is 11.2. The number of thiazole rings is 1. The number of hydrogen-bond acceptors (Lipinski definition) is 6. The SMILES string of the molecule is Cc1nc(CC(=O)N2CCCN(CC3COCCO3)CC2)cs1. The maximum Gasteiger partial charge on any atom is 0.228 e. The molecular formula is C16H25N3O3S. The van der Waals surface area contributed by atoms with Crippen LogP contribution in [0.3, 0.4) is 0 Å². The van der Waals surface area contributed by atoms with Crippen molar-refractivity contribution in [2.45, 2.75) is 25.9 Å². The predicted octanol–water partition coefficient (Wildman–Crippen LogP) is 0.944. The molecule has 2 aliphatic rings. The van der Waals surface area contributed by atoms with Crippen LogP contribution in [-0.4, -0.2) is 79.3 Å². The number of carbonyl (C=O) groups excluding carboxylic acids is 1. The monoisotopic (exact) mass is 339 g/mol. The Morgan fingerprint density at radius 3 is 3.00 bits per heavy atom. The lowest BCUT2D eigenvalue weighted by atomic mass is 10.3. The normalized spacial score (nSPS) is 23.7. The zero-order valence-corrected chi connectivity index (χ0v) is 14.5. The zero-order chi connectivity index (χ0) is 16.1. The Morgan fingerprint density at radius 1 is 1.35 bits per heavy atom. The van der Waals surface area contributed by atoms with Gasteiger partial charge in [0.15, 0.2) is 0 Å². The van der Waals surface area contributed by atoms with Gasteiger partial charge in [0.1, 0.15) is 0 Å². The number of aryl methyl sites for hydroxylation is 1. The highest BCUT2D eigenvalue weighted by Crippen LogP contribution is 2.12. The molecule has 1 atom stereocenters. The van der Waals surface area contributed by atoms with Gasteiger partial charge in [-0.25, -0.2) is 4.98 Å². The van der Waals surface area contributed by atoms with Crippen LogP contribution in [-0.2, 0) is 20.7 Å². The van der Waals surface area contributed by atoms with Crippen LogP contribution < -0.4 is 0 Å². The molecular weight excluding hydrogens is 314 g/mol. The van der Waals surface area contributed by atoms with E-state index in [1.54, 1.807) is 11.3 Å². The van der Waals surface area contributed by atoms with Crippen LogP contribution in [0.1, 0.15) is 17.1 Å². The Kier molecular flexibility index (Phi) is 5.99. The van der Waals surface area contributed by atoms with Crippen molar-refractivity contribution < 1.29 is 14.3 Å². The summed E-state index contributed by atoms with van der Waals surface area (Å²) in [4.78, 5) is 21.2. The van der Waals surface area contributed by atoms with E-state index in [-0.39, 0.29) is 12.0 Å². The number of rotatable bonds is 4. The number of hydrogen-bond donors (Lipinski definition) is 0. The first-order valence-corrected chi connectivity index (χ1v) is 9.19. The predicted molar refractivity (Wildman–Crippen MR) is 88.8 cm³/mol. The van der Waals surface area contributed by atoms with E-state index in [1.165, 1.54) is 0 Å². The molecule has 1 aromatic heterocycles. The van der Waals surface area contributed by atoms with Gasteiger partial charge in [-0.05, 0) is 19.9 Å². The third-order valence-electron chi connectivity index (χ3n) is 4.29. The van der Waals surface area contributed by atoms with Crippen LogP contribution in [0.15, 0.2) is 5.38 Å². The van der Waals surface area contributed by atoms with Crippen LogP contribution in [0.4, 0.5) is 0 Å². The summed E-state index contributed by atoms with van der Waals surface area (Å²) in [6, 6.07) is 0. The van der Waals surface area contributed by atoms with E-state index >= 15 is 0 Å². The second-order valence-electron chi connectivity index (χ2n) is 6.14. The van der Waals surface area contributed by atoms with E-state index in [1.807, 2.05) is 17.2 Å². The number of amides is 1. The van der Waals surface area contributed by atoms with Crippen molar-refractivity contribution >= 4 is 17.2 Å². The van der Waals surface area contributed by atoms with Gasteiger partial charge in [0.25, 0.3) is 0 Å². The second-order valence-corrected chi connectivity index (χ2v) is 7.20. The molecule has 1 aromatic rings. The lowest BCUT2D eigenvalue weighted by Crippen LogP contribution is -2.42. The van der Waals surface area contributed by atoms with E-state index in [2.05, 4.69) is 9.88 Å². The number of nitrogens with zero attached hydrogens (tertiary/aromatic N) is 3. The van der Waals surface area contributed by atoms with Crippen LogP contribution >= 0.6 is 11.3 Å². The topological polar surface area (TPSA) is 54.9 Å². The van der Waals surface area contributed by atoms with Crippen molar-refractivity contribution in [2.24, 2.45) is 0 Å². The van der Waals surface area contributed by atoms with E-state index in [0.717, 1.165) is 49.8 Å². The van der Waals surface area contributed by atoms with E-state index in [4.69, 9.17) is 9.47 Å². The van der Waals surface area contributed by atoms with Crippen molar-refractivity contribution in [3.8, 4) is 0 Å². The third kappa shape index (κ3) is 4.97. The number of ether oxygens (including phenoxy) is 2. The van der Waals surface area contributed by atoms with Gasteiger partial charge >= 0.3 is 0 Å². The minimum atomic E-state index is 0.170. The number of carbonyl (C=O) groups is 1. The maximum atomic E-state index is 12.5. The van der Waals surface area contributed by atoms with Gasteiger partial charge in [-0.2, -0.15) is 0 Å². The summed E-state index contributed by atoms with van der Waals surface area (Å²) in [5, 5.41) is 3.00. The van der Waals surface area contributed by atoms with Gasteiger partial charge in [0.2, 0.25) is 5.91 Å². The van der Waals surface area contributed by atoms with Gasteiger partial charge < -0.3 is 14.4 Å². The quantitative estimate of drug-likeness (QED) is 0.817. The summed E-state index contributed by atoms with van der Waals surface area (Å²) in [7, 11) is 0. The largest absolute Gasteiger partial charge is 0.376 e. The number of aromatic nitrogens is 1. The molecule has 2 saturated heterocycles. The molecule has 0 N–H and O–H groups in total. The highest BCUT2D eigenvalue weighted by atomic mass is 32.1. The molecule has 2 fully saturated rings. The summed E-state index contributed by atoms with van der Waals surface area (Å²) in [5.41, 5.74) is 0.895. The van der Waals surface area contributed by atoms with Crippen LogP contribution in [0.5, 0.6) is 0 Å². The highest BCUT2D eigenvalue weighted by Gasteiger charge is 2.23. The van der Waals surface area contributed by atoms with Crippen molar-refractivity contribution in [1.29, 1.82) is 0 Å². The summed E-state index contributed by atoms with van der Waals surface area (Å²) in [5.74, 6) is 0.189. The summed E-state index contributed by atoms with van der Waals surface area (Å²) < 4.78 is 11.2. The third-order valence-corrected chi connectivity index (χ3v) is 5.11.